The van der Waals surface area contributed by atoms with Gasteiger partial charge < -0.3 is 19.2 Å². The number of anilines is 1. The van der Waals surface area contributed by atoms with Crippen molar-refractivity contribution in [3.05, 3.63) is 72.8 Å². The van der Waals surface area contributed by atoms with Gasteiger partial charge >= 0.3 is 0 Å². The van der Waals surface area contributed by atoms with Crippen LogP contribution in [0.15, 0.2) is 77.2 Å². The molecule has 6 nitrogen and oxygen atoms in total. The Bertz CT molecular complexity index is 1180. The molecule has 1 heterocycles. The van der Waals surface area contributed by atoms with Gasteiger partial charge in [-0.25, -0.2) is 4.98 Å². The maximum atomic E-state index is 12.8. The lowest BCUT2D eigenvalue weighted by atomic mass is 10.1. The molecule has 4 rings (SSSR count). The normalized spacial score (nSPS) is 11.3. The average molecular weight is 402 g/mol. The summed E-state index contributed by atoms with van der Waals surface area (Å²) in [5.41, 5.74) is 1.65. The molecule has 0 fully saturated rings. The number of para-hydroxylation sites is 1. The summed E-state index contributed by atoms with van der Waals surface area (Å²) in [6.07, 6.45) is 0. The Labute approximate surface area is 174 Å². The number of oxazole rings is 1. The molecule has 0 aliphatic heterocycles. The summed E-state index contributed by atoms with van der Waals surface area (Å²) >= 11 is 0. The molecular formula is C24H22N2O4. The Morgan fingerprint density at radius 2 is 1.73 bits per heavy atom. The molecule has 0 spiro atoms. The molecule has 1 aromatic heterocycles. The number of benzene rings is 3. The van der Waals surface area contributed by atoms with E-state index < -0.39 is 5.60 Å². The maximum absolute atomic E-state index is 12.8. The lowest BCUT2D eigenvalue weighted by molar-refractivity contribution is -0.128. The van der Waals surface area contributed by atoms with Crippen LogP contribution in [0.1, 0.15) is 13.8 Å². The van der Waals surface area contributed by atoms with Gasteiger partial charge in [-0.15, -0.1) is 0 Å². The standard InChI is InChI=1S/C24H22N2O4/c1-24(2,30-18-9-5-4-6-10-18)23(27)25-17-12-13-21-20(15-17)26-22(29-21)16-8-7-11-19(14-16)28-3/h4-15H,1-3H3,(H,25,27). The van der Waals surface area contributed by atoms with Crippen molar-refractivity contribution in [2.45, 2.75) is 19.4 Å². The van der Waals surface area contributed by atoms with E-state index in [9.17, 15) is 4.79 Å². The molecule has 0 unspecified atom stereocenters. The first kappa shape index (κ1) is 19.5. The summed E-state index contributed by atoms with van der Waals surface area (Å²) in [5.74, 6) is 1.58. The van der Waals surface area contributed by atoms with Crippen LogP contribution in [0.5, 0.6) is 11.5 Å². The van der Waals surface area contributed by atoms with Crippen molar-refractivity contribution in [3.8, 4) is 23.0 Å². The third kappa shape index (κ3) is 4.12. The maximum Gasteiger partial charge on any atom is 0.267 e. The van der Waals surface area contributed by atoms with E-state index in [-0.39, 0.29) is 5.91 Å². The molecule has 4 aromatic rings. The highest BCUT2D eigenvalue weighted by atomic mass is 16.5. The monoisotopic (exact) mass is 402 g/mol. The summed E-state index contributed by atoms with van der Waals surface area (Å²) in [7, 11) is 1.61. The van der Waals surface area contributed by atoms with E-state index in [4.69, 9.17) is 13.9 Å². The molecule has 1 N–H and O–H groups in total. The van der Waals surface area contributed by atoms with E-state index in [1.165, 1.54) is 0 Å². The van der Waals surface area contributed by atoms with Crippen LogP contribution in [0.4, 0.5) is 5.69 Å². The highest BCUT2D eigenvalue weighted by Gasteiger charge is 2.30. The SMILES string of the molecule is COc1cccc(-c2nc3cc(NC(=O)C(C)(C)Oc4ccccc4)ccc3o2)c1. The zero-order valence-corrected chi connectivity index (χ0v) is 17.0. The van der Waals surface area contributed by atoms with E-state index in [0.29, 0.717) is 28.4 Å². The number of hydrogen-bond acceptors (Lipinski definition) is 5. The number of hydrogen-bond donors (Lipinski definition) is 1. The molecule has 1 amide bonds. The second-order valence-electron chi connectivity index (χ2n) is 7.31. The Morgan fingerprint density at radius 1 is 0.967 bits per heavy atom. The van der Waals surface area contributed by atoms with Crippen molar-refractivity contribution >= 4 is 22.7 Å². The van der Waals surface area contributed by atoms with Gasteiger partial charge in [-0.1, -0.05) is 24.3 Å². The molecule has 3 aromatic carbocycles. The van der Waals surface area contributed by atoms with Crippen LogP contribution >= 0.6 is 0 Å². The number of carbonyl (C=O) groups excluding carboxylic acids is 1. The zero-order chi connectivity index (χ0) is 21.1. The van der Waals surface area contributed by atoms with Crippen LogP contribution in [-0.2, 0) is 4.79 Å². The minimum atomic E-state index is -1.05. The summed E-state index contributed by atoms with van der Waals surface area (Å²) < 4.78 is 17.0. The van der Waals surface area contributed by atoms with Gasteiger partial charge in [0.2, 0.25) is 5.89 Å². The quantitative estimate of drug-likeness (QED) is 0.474. The number of carbonyl (C=O) groups is 1. The number of methoxy groups -OCH3 is 1. The largest absolute Gasteiger partial charge is 0.497 e. The second-order valence-corrected chi connectivity index (χ2v) is 7.31. The molecule has 152 valence electrons. The number of nitrogens with zero attached hydrogens (tertiary/aromatic N) is 1. The van der Waals surface area contributed by atoms with Gasteiger partial charge in [0.05, 0.1) is 7.11 Å². The number of amides is 1. The fourth-order valence-corrected chi connectivity index (χ4v) is 3.00. The third-order valence-electron chi connectivity index (χ3n) is 4.63. The third-order valence-corrected chi connectivity index (χ3v) is 4.63. The zero-order valence-electron chi connectivity index (χ0n) is 17.0. The molecule has 0 bridgehead atoms. The lowest BCUT2D eigenvalue weighted by Crippen LogP contribution is -2.42. The summed E-state index contributed by atoms with van der Waals surface area (Å²) in [6.45, 7) is 3.45. The van der Waals surface area contributed by atoms with Crippen molar-refractivity contribution < 1.29 is 18.7 Å². The molecule has 0 saturated heterocycles. The Balaban J connectivity index is 1.54. The van der Waals surface area contributed by atoms with Crippen LogP contribution in [0.25, 0.3) is 22.6 Å². The minimum absolute atomic E-state index is 0.262. The number of rotatable bonds is 6. The predicted molar refractivity (Wildman–Crippen MR) is 116 cm³/mol. The second kappa shape index (κ2) is 7.91. The molecule has 0 aliphatic rings. The van der Waals surface area contributed by atoms with Crippen molar-refractivity contribution in [1.82, 2.24) is 4.98 Å². The van der Waals surface area contributed by atoms with Crippen molar-refractivity contribution in [3.63, 3.8) is 0 Å². The van der Waals surface area contributed by atoms with Crippen LogP contribution in [-0.4, -0.2) is 23.6 Å². The Kier molecular flexibility index (Phi) is 5.14. The van der Waals surface area contributed by atoms with E-state index in [2.05, 4.69) is 10.3 Å². The number of aromatic nitrogens is 1. The first-order chi connectivity index (χ1) is 14.4. The van der Waals surface area contributed by atoms with Gasteiger partial charge in [0.1, 0.15) is 17.0 Å². The van der Waals surface area contributed by atoms with Gasteiger partial charge in [0, 0.05) is 11.3 Å². The molecule has 0 saturated carbocycles. The fourth-order valence-electron chi connectivity index (χ4n) is 3.00. The smallest absolute Gasteiger partial charge is 0.267 e. The van der Waals surface area contributed by atoms with Gasteiger partial charge in [-0.05, 0) is 62.4 Å². The van der Waals surface area contributed by atoms with Gasteiger partial charge in [-0.3, -0.25) is 4.79 Å². The number of fused-ring (bicyclic) bond motifs is 1. The fraction of sp³-hybridized carbons (Fsp3) is 0.167. The summed E-state index contributed by atoms with van der Waals surface area (Å²) in [6, 6.07) is 22.1. The highest BCUT2D eigenvalue weighted by Crippen LogP contribution is 2.28. The van der Waals surface area contributed by atoms with Crippen molar-refractivity contribution in [2.75, 3.05) is 12.4 Å². The van der Waals surface area contributed by atoms with Crippen LogP contribution in [0.2, 0.25) is 0 Å². The van der Waals surface area contributed by atoms with Gasteiger partial charge in [0.15, 0.2) is 11.2 Å². The highest BCUT2D eigenvalue weighted by molar-refractivity contribution is 5.98. The molecule has 0 aliphatic carbocycles. The minimum Gasteiger partial charge on any atom is -0.497 e. The average Bonchev–Trinajstić information content (AvgIpc) is 3.17. The van der Waals surface area contributed by atoms with Gasteiger partial charge in [-0.2, -0.15) is 0 Å². The molecule has 30 heavy (non-hydrogen) atoms. The van der Waals surface area contributed by atoms with Crippen molar-refractivity contribution in [1.29, 1.82) is 0 Å². The first-order valence-electron chi connectivity index (χ1n) is 9.55. The molecule has 0 atom stereocenters. The van der Waals surface area contributed by atoms with E-state index in [1.54, 1.807) is 39.2 Å². The Hall–Kier alpha value is -3.80. The van der Waals surface area contributed by atoms with Crippen LogP contribution in [0.3, 0.4) is 0 Å². The molecule has 6 heteroatoms. The lowest BCUT2D eigenvalue weighted by Gasteiger charge is -2.25. The predicted octanol–water partition coefficient (Wildman–Crippen LogP) is 5.30. The summed E-state index contributed by atoms with van der Waals surface area (Å²) in [5, 5.41) is 2.90. The van der Waals surface area contributed by atoms with E-state index in [1.807, 2.05) is 54.6 Å². The Morgan fingerprint density at radius 3 is 2.50 bits per heavy atom. The van der Waals surface area contributed by atoms with Crippen LogP contribution < -0.4 is 14.8 Å². The number of nitrogens with one attached hydrogen (secondary N) is 1. The topological polar surface area (TPSA) is 73.6 Å². The number of ether oxygens (including phenoxy) is 2. The summed E-state index contributed by atoms with van der Waals surface area (Å²) in [4.78, 5) is 17.3. The molecule has 0 radical (unpaired) electrons. The molecular weight excluding hydrogens is 380 g/mol. The first-order valence-corrected chi connectivity index (χ1v) is 9.55. The van der Waals surface area contributed by atoms with E-state index >= 15 is 0 Å². The van der Waals surface area contributed by atoms with Crippen LogP contribution in [0, 0.1) is 0 Å². The van der Waals surface area contributed by atoms with E-state index in [0.717, 1.165) is 11.3 Å². The van der Waals surface area contributed by atoms with Crippen molar-refractivity contribution in [2.24, 2.45) is 0 Å². The van der Waals surface area contributed by atoms with Gasteiger partial charge in [0.25, 0.3) is 5.91 Å².